The minimum Gasteiger partial charge on any atom is -0.508 e. The summed E-state index contributed by atoms with van der Waals surface area (Å²) in [6, 6.07) is 7.06. The van der Waals surface area contributed by atoms with Crippen molar-refractivity contribution in [2.75, 3.05) is 0 Å². The van der Waals surface area contributed by atoms with E-state index in [4.69, 9.17) is 0 Å². The van der Waals surface area contributed by atoms with E-state index >= 15 is 0 Å². The lowest BCUT2D eigenvalue weighted by atomic mass is 9.78. The number of hydrogen-bond donors (Lipinski definition) is 2. The van der Waals surface area contributed by atoms with E-state index in [1.165, 1.54) is 0 Å². The van der Waals surface area contributed by atoms with Gasteiger partial charge < -0.3 is 10.2 Å². The summed E-state index contributed by atoms with van der Waals surface area (Å²) >= 11 is 21.3. The zero-order valence-corrected chi connectivity index (χ0v) is 21.1. The highest BCUT2D eigenvalue weighted by atomic mass is 79.9. The van der Waals surface area contributed by atoms with E-state index in [1.807, 2.05) is 12.1 Å². The molecule has 0 amide bonds. The average molecular weight is 702 g/mol. The van der Waals surface area contributed by atoms with Crippen LogP contribution in [0.5, 0.6) is 11.5 Å². The number of hydrogen-bond acceptors (Lipinski definition) is 2. The summed E-state index contributed by atoms with van der Waals surface area (Å²) < 4.78 is 2.50. The maximum absolute atomic E-state index is 10.2. The number of aromatic hydroxyl groups is 2. The van der Waals surface area contributed by atoms with Gasteiger partial charge in [0.25, 0.3) is 0 Å². The first kappa shape index (κ1) is 20.2. The van der Waals surface area contributed by atoms with Gasteiger partial charge in [-0.2, -0.15) is 0 Å². The maximum atomic E-state index is 10.2. The van der Waals surface area contributed by atoms with Crippen molar-refractivity contribution >= 4 is 95.6 Å². The van der Waals surface area contributed by atoms with E-state index in [0.717, 1.165) is 20.1 Å². The Morgan fingerprint density at radius 1 is 0.826 bits per heavy atom. The van der Waals surface area contributed by atoms with Crippen LogP contribution in [0.4, 0.5) is 0 Å². The van der Waals surface area contributed by atoms with Crippen LogP contribution in [-0.2, 0) is 5.41 Å². The molecule has 0 heterocycles. The fraction of sp³-hybridized carbons (Fsp3) is 0.200. The molecule has 2 rings (SSSR count). The summed E-state index contributed by atoms with van der Waals surface area (Å²) in [6.45, 7) is 2.06. The SMILES string of the molecule is CC(c1ccc(O)cc1)(c1c(Br)c(Br)c(O)c(Br)c1Br)C(Br)Br. The summed E-state index contributed by atoms with van der Waals surface area (Å²) in [4.78, 5) is 0. The van der Waals surface area contributed by atoms with Gasteiger partial charge in [0.2, 0.25) is 0 Å². The maximum Gasteiger partial charge on any atom is 0.146 e. The molecule has 0 radical (unpaired) electrons. The van der Waals surface area contributed by atoms with Gasteiger partial charge in [0.1, 0.15) is 11.5 Å². The summed E-state index contributed by atoms with van der Waals surface area (Å²) in [6.07, 6.45) is 0. The molecule has 0 aromatic heterocycles. The molecule has 0 aliphatic rings. The third-order valence-electron chi connectivity index (χ3n) is 3.66. The van der Waals surface area contributed by atoms with Gasteiger partial charge in [0.15, 0.2) is 0 Å². The first-order valence-electron chi connectivity index (χ1n) is 6.25. The Morgan fingerprint density at radius 3 is 1.65 bits per heavy atom. The normalized spacial score (nSPS) is 14.1. The second-order valence-corrected chi connectivity index (χ2v) is 11.3. The van der Waals surface area contributed by atoms with Gasteiger partial charge in [-0.15, -0.1) is 0 Å². The number of benzene rings is 2. The van der Waals surface area contributed by atoms with Gasteiger partial charge in [-0.1, -0.05) is 44.0 Å². The Balaban J connectivity index is 2.85. The standard InChI is InChI=1S/C15H10Br6O2/c1-15(14(20)21,6-2-4-7(22)5-3-6)8-9(16)11(18)13(23)12(19)10(8)17/h2-5,14,22-23H,1H3. The molecule has 0 spiro atoms. The Hall–Kier alpha value is 0.920. The molecule has 0 bridgehead atoms. The first-order chi connectivity index (χ1) is 10.6. The number of alkyl halides is 2. The molecule has 1 atom stereocenters. The topological polar surface area (TPSA) is 40.5 Å². The smallest absolute Gasteiger partial charge is 0.146 e. The third kappa shape index (κ3) is 3.58. The fourth-order valence-corrected chi connectivity index (χ4v) is 6.17. The second-order valence-electron chi connectivity index (χ2n) is 5.03. The summed E-state index contributed by atoms with van der Waals surface area (Å²) in [7, 11) is 0. The van der Waals surface area contributed by atoms with Crippen LogP contribution in [0.3, 0.4) is 0 Å². The molecule has 0 saturated heterocycles. The minimum absolute atomic E-state index is 0.108. The summed E-state index contributed by atoms with van der Waals surface area (Å²) in [5.74, 6) is 0.323. The third-order valence-corrected chi connectivity index (χ3v) is 9.69. The molecule has 0 saturated carbocycles. The van der Waals surface area contributed by atoms with Crippen molar-refractivity contribution in [2.45, 2.75) is 16.1 Å². The van der Waals surface area contributed by atoms with Crippen LogP contribution in [0, 0.1) is 0 Å². The molecule has 0 fully saturated rings. The van der Waals surface area contributed by atoms with Crippen LogP contribution < -0.4 is 0 Å². The predicted molar refractivity (Wildman–Crippen MR) is 115 cm³/mol. The van der Waals surface area contributed by atoms with E-state index in [1.54, 1.807) is 12.1 Å². The largest absolute Gasteiger partial charge is 0.508 e. The highest BCUT2D eigenvalue weighted by molar-refractivity contribution is 9.24. The molecule has 124 valence electrons. The Labute approximate surface area is 184 Å². The summed E-state index contributed by atoms with van der Waals surface area (Å²) in [5.41, 5.74) is 1.41. The van der Waals surface area contributed by atoms with Gasteiger partial charge in [-0.25, -0.2) is 0 Å². The number of rotatable bonds is 3. The minimum atomic E-state index is -0.510. The van der Waals surface area contributed by atoms with Crippen molar-refractivity contribution in [3.8, 4) is 11.5 Å². The number of phenols is 2. The van der Waals surface area contributed by atoms with Crippen molar-refractivity contribution in [1.29, 1.82) is 0 Å². The van der Waals surface area contributed by atoms with Gasteiger partial charge in [0.05, 0.1) is 12.7 Å². The molecule has 0 aliphatic carbocycles. The van der Waals surface area contributed by atoms with Gasteiger partial charge in [-0.05, 0) is 93.9 Å². The number of phenolic OH excluding ortho intramolecular Hbond substituents is 2. The Kier molecular flexibility index (Phi) is 6.74. The monoisotopic (exact) mass is 696 g/mol. The summed E-state index contributed by atoms with van der Waals surface area (Å²) in [5, 5.41) is 19.8. The molecular weight excluding hydrogens is 692 g/mol. The van der Waals surface area contributed by atoms with Gasteiger partial charge >= 0.3 is 0 Å². The van der Waals surface area contributed by atoms with E-state index in [2.05, 4.69) is 103 Å². The van der Waals surface area contributed by atoms with Crippen molar-refractivity contribution < 1.29 is 10.2 Å². The lowest BCUT2D eigenvalue weighted by Gasteiger charge is -2.35. The van der Waals surface area contributed by atoms with Crippen LogP contribution in [-0.4, -0.2) is 13.9 Å². The molecular formula is C15H10Br6O2. The van der Waals surface area contributed by atoms with E-state index in [0.29, 0.717) is 8.95 Å². The predicted octanol–water partition coefficient (Wildman–Crippen LogP) is 7.57. The van der Waals surface area contributed by atoms with E-state index < -0.39 is 5.41 Å². The van der Waals surface area contributed by atoms with E-state index in [-0.39, 0.29) is 15.2 Å². The van der Waals surface area contributed by atoms with Gasteiger partial charge in [0, 0.05) is 14.4 Å². The highest BCUT2D eigenvalue weighted by Crippen LogP contribution is 2.54. The fourth-order valence-electron chi connectivity index (χ4n) is 2.26. The quantitative estimate of drug-likeness (QED) is 0.256. The molecule has 2 N–H and O–H groups in total. The Morgan fingerprint density at radius 2 is 1.26 bits per heavy atom. The molecule has 0 aliphatic heterocycles. The van der Waals surface area contributed by atoms with Crippen LogP contribution in [0.25, 0.3) is 0 Å². The lowest BCUT2D eigenvalue weighted by molar-refractivity contribution is 0.466. The van der Waals surface area contributed by atoms with Crippen molar-refractivity contribution in [3.05, 3.63) is 53.3 Å². The molecule has 2 nitrogen and oxygen atoms in total. The molecule has 23 heavy (non-hydrogen) atoms. The van der Waals surface area contributed by atoms with Gasteiger partial charge in [-0.3, -0.25) is 0 Å². The lowest BCUT2D eigenvalue weighted by Crippen LogP contribution is -2.31. The van der Waals surface area contributed by atoms with Crippen molar-refractivity contribution in [1.82, 2.24) is 0 Å². The molecule has 8 heteroatoms. The zero-order valence-electron chi connectivity index (χ0n) is 11.5. The highest BCUT2D eigenvalue weighted by Gasteiger charge is 2.40. The molecule has 2 aromatic rings. The molecule has 2 aromatic carbocycles. The van der Waals surface area contributed by atoms with Crippen molar-refractivity contribution in [3.63, 3.8) is 0 Å². The van der Waals surface area contributed by atoms with Crippen LogP contribution in [0.2, 0.25) is 0 Å². The van der Waals surface area contributed by atoms with Crippen LogP contribution >= 0.6 is 95.6 Å². The van der Waals surface area contributed by atoms with E-state index in [9.17, 15) is 10.2 Å². The first-order valence-corrected chi connectivity index (χ1v) is 11.3. The van der Waals surface area contributed by atoms with Crippen LogP contribution in [0.1, 0.15) is 18.1 Å². The second kappa shape index (κ2) is 7.66. The van der Waals surface area contributed by atoms with Crippen LogP contribution in [0.15, 0.2) is 42.2 Å². The zero-order chi connectivity index (χ0) is 17.5. The average Bonchev–Trinajstić information content (AvgIpc) is 2.51. The molecule has 1 unspecified atom stereocenters. The Bertz CT molecular complexity index is 716. The van der Waals surface area contributed by atoms with Crippen molar-refractivity contribution in [2.24, 2.45) is 0 Å². The number of halogens is 6.